The fraction of sp³-hybridized carbons (Fsp3) is 0.250. The first-order chi connectivity index (χ1) is 10.7. The summed E-state index contributed by atoms with van der Waals surface area (Å²) in [6, 6.07) is 10.2. The van der Waals surface area contributed by atoms with Crippen molar-refractivity contribution < 1.29 is 13.3 Å². The molecule has 0 aromatic heterocycles. The maximum atomic E-state index is 12.7. The van der Waals surface area contributed by atoms with Gasteiger partial charge in [-0.3, -0.25) is 10.1 Å². The Morgan fingerprint density at radius 3 is 2.17 bits per heavy atom. The Morgan fingerprint density at radius 2 is 1.70 bits per heavy atom. The van der Waals surface area contributed by atoms with Crippen LogP contribution in [-0.4, -0.2) is 19.4 Å². The molecule has 0 aliphatic heterocycles. The molecule has 6 nitrogen and oxygen atoms in total. The van der Waals surface area contributed by atoms with Crippen LogP contribution in [0, 0.1) is 17.0 Å². The van der Waals surface area contributed by atoms with Gasteiger partial charge in [-0.2, -0.15) is 0 Å². The van der Waals surface area contributed by atoms with Crippen LogP contribution in [-0.2, 0) is 9.84 Å². The second-order valence-electron chi connectivity index (χ2n) is 5.53. The van der Waals surface area contributed by atoms with E-state index in [9.17, 15) is 18.5 Å². The summed E-state index contributed by atoms with van der Waals surface area (Å²) in [5.41, 5.74) is 1.33. The standard InChI is InChI=1S/C16H18N2O4S/c1-11(2)17-13-4-9-16(12(3)10-13)23(21,22)15-7-5-14(6-8-15)18(19)20/h4-11,17H,1-3H3. The molecule has 2 aromatic carbocycles. The number of aryl methyl sites for hydroxylation is 1. The van der Waals surface area contributed by atoms with E-state index < -0.39 is 14.8 Å². The molecule has 122 valence electrons. The number of sulfone groups is 1. The summed E-state index contributed by atoms with van der Waals surface area (Å²) in [5, 5.41) is 13.9. The van der Waals surface area contributed by atoms with Crippen LogP contribution in [0.25, 0.3) is 0 Å². The van der Waals surface area contributed by atoms with E-state index in [0.29, 0.717) is 5.56 Å². The van der Waals surface area contributed by atoms with Crippen molar-refractivity contribution in [2.45, 2.75) is 36.6 Å². The number of rotatable bonds is 5. The highest BCUT2D eigenvalue weighted by atomic mass is 32.2. The van der Waals surface area contributed by atoms with Gasteiger partial charge in [-0.15, -0.1) is 0 Å². The highest BCUT2D eigenvalue weighted by Gasteiger charge is 2.21. The van der Waals surface area contributed by atoms with E-state index in [0.717, 1.165) is 5.69 Å². The Labute approximate surface area is 135 Å². The monoisotopic (exact) mass is 334 g/mol. The SMILES string of the molecule is Cc1cc(NC(C)C)ccc1S(=O)(=O)c1ccc([N+](=O)[O-])cc1. The zero-order valence-electron chi connectivity index (χ0n) is 13.1. The molecule has 2 rings (SSSR count). The summed E-state index contributed by atoms with van der Waals surface area (Å²) < 4.78 is 25.4. The number of nitrogens with zero attached hydrogens (tertiary/aromatic N) is 1. The molecule has 1 N–H and O–H groups in total. The second-order valence-corrected chi connectivity index (χ2v) is 7.45. The molecule has 2 aromatic rings. The van der Waals surface area contributed by atoms with Gasteiger partial charge in [-0.25, -0.2) is 8.42 Å². The predicted octanol–water partition coefficient (Wildman–Crippen LogP) is 3.56. The van der Waals surface area contributed by atoms with E-state index in [4.69, 9.17) is 0 Å². The maximum absolute atomic E-state index is 12.7. The van der Waals surface area contributed by atoms with E-state index in [1.807, 2.05) is 13.8 Å². The van der Waals surface area contributed by atoms with Crippen LogP contribution in [0.15, 0.2) is 52.3 Å². The van der Waals surface area contributed by atoms with Crippen molar-refractivity contribution in [1.82, 2.24) is 0 Å². The topological polar surface area (TPSA) is 89.3 Å². The molecular weight excluding hydrogens is 316 g/mol. The van der Waals surface area contributed by atoms with Gasteiger partial charge in [0, 0.05) is 23.9 Å². The first-order valence-electron chi connectivity index (χ1n) is 7.08. The average Bonchev–Trinajstić information content (AvgIpc) is 2.46. The molecule has 0 atom stereocenters. The van der Waals surface area contributed by atoms with Crippen LogP contribution in [0.2, 0.25) is 0 Å². The minimum Gasteiger partial charge on any atom is -0.383 e. The van der Waals surface area contributed by atoms with Gasteiger partial charge in [-0.05, 0) is 56.7 Å². The third-order valence-corrected chi connectivity index (χ3v) is 5.21. The lowest BCUT2D eigenvalue weighted by molar-refractivity contribution is -0.384. The number of nitro benzene ring substituents is 1. The summed E-state index contributed by atoms with van der Waals surface area (Å²) in [5.74, 6) is 0. The molecule has 0 spiro atoms. The number of nitro groups is 1. The lowest BCUT2D eigenvalue weighted by Gasteiger charge is -2.13. The van der Waals surface area contributed by atoms with Gasteiger partial charge in [0.1, 0.15) is 0 Å². The Kier molecular flexibility index (Phi) is 4.70. The normalized spacial score (nSPS) is 11.5. The minimum atomic E-state index is -3.71. The largest absolute Gasteiger partial charge is 0.383 e. The summed E-state index contributed by atoms with van der Waals surface area (Å²) in [6.45, 7) is 5.72. The molecule has 0 amide bonds. The second kappa shape index (κ2) is 6.37. The summed E-state index contributed by atoms with van der Waals surface area (Å²) in [4.78, 5) is 10.3. The van der Waals surface area contributed by atoms with Gasteiger partial charge in [0.15, 0.2) is 0 Å². The van der Waals surface area contributed by atoms with Gasteiger partial charge >= 0.3 is 0 Å². The third-order valence-electron chi connectivity index (χ3n) is 3.28. The quantitative estimate of drug-likeness (QED) is 0.667. The molecule has 0 aliphatic rings. The van der Waals surface area contributed by atoms with Crippen LogP contribution in [0.4, 0.5) is 11.4 Å². The lowest BCUT2D eigenvalue weighted by Crippen LogP contribution is -2.10. The van der Waals surface area contributed by atoms with Gasteiger partial charge in [0.2, 0.25) is 9.84 Å². The lowest BCUT2D eigenvalue weighted by atomic mass is 10.2. The van der Waals surface area contributed by atoms with Crippen molar-refractivity contribution in [3.8, 4) is 0 Å². The number of benzene rings is 2. The van der Waals surface area contributed by atoms with E-state index in [1.54, 1.807) is 25.1 Å². The minimum absolute atomic E-state index is 0.0377. The average molecular weight is 334 g/mol. The summed E-state index contributed by atoms with van der Waals surface area (Å²) >= 11 is 0. The first-order valence-corrected chi connectivity index (χ1v) is 8.57. The Hall–Kier alpha value is -2.41. The molecule has 23 heavy (non-hydrogen) atoms. The zero-order chi connectivity index (χ0) is 17.2. The van der Waals surface area contributed by atoms with Crippen LogP contribution in [0.3, 0.4) is 0 Å². The number of anilines is 1. The third kappa shape index (κ3) is 3.68. The van der Waals surface area contributed by atoms with E-state index >= 15 is 0 Å². The van der Waals surface area contributed by atoms with Crippen molar-refractivity contribution in [2.24, 2.45) is 0 Å². The number of non-ortho nitro benzene ring substituents is 1. The summed E-state index contributed by atoms with van der Waals surface area (Å²) in [7, 11) is -3.71. The fourth-order valence-electron chi connectivity index (χ4n) is 2.25. The maximum Gasteiger partial charge on any atom is 0.269 e. The van der Waals surface area contributed by atoms with Crippen molar-refractivity contribution in [3.05, 3.63) is 58.1 Å². The molecule has 0 bridgehead atoms. The van der Waals surface area contributed by atoms with Crippen molar-refractivity contribution >= 4 is 21.2 Å². The molecule has 0 unspecified atom stereocenters. The Balaban J connectivity index is 2.41. The van der Waals surface area contributed by atoms with Crippen LogP contribution < -0.4 is 5.32 Å². The highest BCUT2D eigenvalue weighted by Crippen LogP contribution is 2.27. The van der Waals surface area contributed by atoms with E-state index in [-0.39, 0.29) is 21.5 Å². The smallest absolute Gasteiger partial charge is 0.269 e. The van der Waals surface area contributed by atoms with Gasteiger partial charge in [0.25, 0.3) is 5.69 Å². The summed E-state index contributed by atoms with van der Waals surface area (Å²) in [6.07, 6.45) is 0. The molecule has 0 fully saturated rings. The zero-order valence-corrected chi connectivity index (χ0v) is 13.9. The number of hydrogen-bond acceptors (Lipinski definition) is 5. The van der Waals surface area contributed by atoms with Gasteiger partial charge in [-0.1, -0.05) is 0 Å². The molecular formula is C16H18N2O4S. The van der Waals surface area contributed by atoms with Crippen molar-refractivity contribution in [1.29, 1.82) is 0 Å². The van der Waals surface area contributed by atoms with Gasteiger partial charge in [0.05, 0.1) is 14.7 Å². The Bertz CT molecular complexity index is 828. The van der Waals surface area contributed by atoms with E-state index in [1.165, 1.54) is 24.3 Å². The molecule has 0 aliphatic carbocycles. The van der Waals surface area contributed by atoms with Crippen LogP contribution in [0.5, 0.6) is 0 Å². The van der Waals surface area contributed by atoms with E-state index in [2.05, 4.69) is 5.32 Å². The van der Waals surface area contributed by atoms with Crippen molar-refractivity contribution in [2.75, 3.05) is 5.32 Å². The van der Waals surface area contributed by atoms with Gasteiger partial charge < -0.3 is 5.32 Å². The number of hydrogen-bond donors (Lipinski definition) is 1. The Morgan fingerprint density at radius 1 is 1.09 bits per heavy atom. The van der Waals surface area contributed by atoms with Crippen LogP contribution in [0.1, 0.15) is 19.4 Å². The molecule has 0 heterocycles. The number of nitrogens with one attached hydrogen (secondary N) is 1. The van der Waals surface area contributed by atoms with Crippen LogP contribution >= 0.6 is 0 Å². The first kappa shape index (κ1) is 17.0. The molecule has 0 saturated carbocycles. The fourth-order valence-corrected chi connectivity index (χ4v) is 3.73. The highest BCUT2D eigenvalue weighted by molar-refractivity contribution is 7.91. The molecule has 7 heteroatoms. The van der Waals surface area contributed by atoms with Crippen molar-refractivity contribution in [3.63, 3.8) is 0 Å². The molecule has 0 saturated heterocycles. The molecule has 0 radical (unpaired) electrons. The predicted molar refractivity (Wildman–Crippen MR) is 88.5 cm³/mol.